The van der Waals surface area contributed by atoms with Gasteiger partial charge in [0.05, 0.1) is 17.6 Å². The normalized spacial score (nSPS) is 12.7. The van der Waals surface area contributed by atoms with Gasteiger partial charge in [0.2, 0.25) is 5.95 Å². The van der Waals surface area contributed by atoms with Crippen LogP contribution in [-0.2, 0) is 6.54 Å². The summed E-state index contributed by atoms with van der Waals surface area (Å²) < 4.78 is 7.35. The lowest BCUT2D eigenvalue weighted by Crippen LogP contribution is -2.09. The molecule has 0 saturated heterocycles. The predicted molar refractivity (Wildman–Crippen MR) is 81.2 cm³/mol. The van der Waals surface area contributed by atoms with Crippen LogP contribution in [0.5, 0.6) is 5.75 Å². The molecule has 3 rings (SSSR count). The highest BCUT2D eigenvalue weighted by Gasteiger charge is 2.16. The number of nitrogens with two attached hydrogens (primary N) is 1. The number of ether oxygens (including phenoxy) is 1. The summed E-state index contributed by atoms with van der Waals surface area (Å²) in [6.07, 6.45) is 1.83. The Hall–Kier alpha value is -2.08. The van der Waals surface area contributed by atoms with E-state index in [0.29, 0.717) is 11.9 Å². The number of benzene rings is 1. The first-order chi connectivity index (χ1) is 9.70. The van der Waals surface area contributed by atoms with Crippen LogP contribution in [0.15, 0.2) is 29.8 Å². The Labute approximate surface area is 121 Å². The van der Waals surface area contributed by atoms with Crippen LogP contribution in [0.1, 0.15) is 17.8 Å². The molecular weight excluding hydrogens is 272 g/mol. The fourth-order valence-corrected chi connectivity index (χ4v) is 3.02. The molecule has 0 aliphatic heterocycles. The van der Waals surface area contributed by atoms with E-state index in [-0.39, 0.29) is 0 Å². The highest BCUT2D eigenvalue weighted by molar-refractivity contribution is 7.09. The van der Waals surface area contributed by atoms with Crippen molar-refractivity contribution in [2.75, 3.05) is 12.8 Å². The van der Waals surface area contributed by atoms with Gasteiger partial charge in [-0.3, -0.25) is 0 Å². The lowest BCUT2D eigenvalue weighted by Gasteiger charge is -2.11. The van der Waals surface area contributed by atoms with Gasteiger partial charge in [-0.25, -0.2) is 9.97 Å². The molecule has 1 atom stereocenters. The van der Waals surface area contributed by atoms with Crippen molar-refractivity contribution < 1.29 is 4.74 Å². The summed E-state index contributed by atoms with van der Waals surface area (Å²) in [6.45, 7) is 2.90. The van der Waals surface area contributed by atoms with Crippen LogP contribution in [0.3, 0.4) is 0 Å². The summed E-state index contributed by atoms with van der Waals surface area (Å²) >= 11 is 1.66. The van der Waals surface area contributed by atoms with Crippen LogP contribution in [0, 0.1) is 0 Å². The molecule has 0 bridgehead atoms. The van der Waals surface area contributed by atoms with Gasteiger partial charge in [-0.05, 0) is 12.1 Å². The Bertz CT molecular complexity index is 720. The minimum absolute atomic E-state index is 0.293. The minimum atomic E-state index is 0.293. The van der Waals surface area contributed by atoms with Gasteiger partial charge in [0.25, 0.3) is 0 Å². The number of nitrogen functional groups attached to an aromatic ring is 1. The van der Waals surface area contributed by atoms with Crippen molar-refractivity contribution in [3.8, 4) is 5.75 Å². The lowest BCUT2D eigenvalue weighted by molar-refractivity contribution is 0.419. The van der Waals surface area contributed by atoms with E-state index in [2.05, 4.69) is 16.9 Å². The third kappa shape index (κ3) is 2.12. The molecule has 2 aromatic heterocycles. The number of hydrogen-bond donors (Lipinski definition) is 1. The third-order valence-electron chi connectivity index (χ3n) is 3.32. The second-order valence-corrected chi connectivity index (χ2v) is 5.61. The van der Waals surface area contributed by atoms with Crippen molar-refractivity contribution in [1.29, 1.82) is 0 Å². The lowest BCUT2D eigenvalue weighted by atomic mass is 10.2. The molecule has 2 heterocycles. The Morgan fingerprint density at radius 2 is 2.30 bits per heavy atom. The monoisotopic (exact) mass is 288 g/mol. The molecule has 0 amide bonds. The Morgan fingerprint density at radius 3 is 3.00 bits per heavy atom. The molecule has 20 heavy (non-hydrogen) atoms. The van der Waals surface area contributed by atoms with Crippen molar-refractivity contribution in [3.05, 3.63) is 34.8 Å². The largest absolute Gasteiger partial charge is 0.494 e. The second kappa shape index (κ2) is 5.13. The van der Waals surface area contributed by atoms with E-state index in [0.717, 1.165) is 28.3 Å². The number of anilines is 1. The first kappa shape index (κ1) is 12.9. The molecule has 0 aliphatic carbocycles. The Morgan fingerprint density at radius 1 is 1.45 bits per heavy atom. The minimum Gasteiger partial charge on any atom is -0.494 e. The highest BCUT2D eigenvalue weighted by atomic mass is 32.1. The van der Waals surface area contributed by atoms with Gasteiger partial charge in [-0.15, -0.1) is 11.3 Å². The standard InChI is InChI=1S/C14H16N4OS/c1-9(13-16-6-7-20-13)8-18-10-4-3-5-11(19-2)12(10)17-14(18)15/h3-7,9H,8H2,1-2H3,(H2,15,17). The number of imidazole rings is 1. The topological polar surface area (TPSA) is 66.0 Å². The van der Waals surface area contributed by atoms with Crippen LogP contribution in [0.2, 0.25) is 0 Å². The maximum absolute atomic E-state index is 6.06. The van der Waals surface area contributed by atoms with Gasteiger partial charge in [-0.2, -0.15) is 0 Å². The Kier molecular flexibility index (Phi) is 3.31. The number of thiazole rings is 1. The highest BCUT2D eigenvalue weighted by Crippen LogP contribution is 2.29. The van der Waals surface area contributed by atoms with E-state index in [9.17, 15) is 0 Å². The molecule has 1 aromatic carbocycles. The van der Waals surface area contributed by atoms with Gasteiger partial charge in [0.1, 0.15) is 11.3 Å². The summed E-state index contributed by atoms with van der Waals surface area (Å²) in [5, 5.41) is 3.10. The number of para-hydroxylation sites is 1. The molecule has 6 heteroatoms. The molecule has 0 aliphatic rings. The fourth-order valence-electron chi connectivity index (χ4n) is 2.33. The van der Waals surface area contributed by atoms with Gasteiger partial charge in [-0.1, -0.05) is 13.0 Å². The zero-order chi connectivity index (χ0) is 14.1. The van der Waals surface area contributed by atoms with Crippen molar-refractivity contribution >= 4 is 28.3 Å². The summed E-state index contributed by atoms with van der Waals surface area (Å²) in [5.41, 5.74) is 7.85. The predicted octanol–water partition coefficient (Wildman–Crippen LogP) is 2.89. The summed E-state index contributed by atoms with van der Waals surface area (Å²) in [4.78, 5) is 8.78. The van der Waals surface area contributed by atoms with Crippen molar-refractivity contribution in [3.63, 3.8) is 0 Å². The number of nitrogens with zero attached hydrogens (tertiary/aromatic N) is 3. The van der Waals surface area contributed by atoms with Crippen molar-refractivity contribution in [2.24, 2.45) is 0 Å². The van der Waals surface area contributed by atoms with Crippen molar-refractivity contribution in [2.45, 2.75) is 19.4 Å². The molecule has 1 unspecified atom stereocenters. The molecule has 5 nitrogen and oxygen atoms in total. The number of rotatable bonds is 4. The zero-order valence-corrected chi connectivity index (χ0v) is 12.2. The van der Waals surface area contributed by atoms with E-state index in [1.807, 2.05) is 34.3 Å². The smallest absolute Gasteiger partial charge is 0.201 e. The fraction of sp³-hybridized carbons (Fsp3) is 0.286. The SMILES string of the molecule is COc1cccc2c1nc(N)n2CC(C)c1nccs1. The molecule has 0 radical (unpaired) electrons. The number of aromatic nitrogens is 3. The van der Waals surface area contributed by atoms with Gasteiger partial charge in [0, 0.05) is 24.0 Å². The molecular formula is C14H16N4OS. The second-order valence-electron chi connectivity index (χ2n) is 4.68. The number of methoxy groups -OCH3 is 1. The Balaban J connectivity index is 2.01. The van der Waals surface area contributed by atoms with Crippen LogP contribution in [0.4, 0.5) is 5.95 Å². The summed E-state index contributed by atoms with van der Waals surface area (Å²) in [6, 6.07) is 5.85. The number of fused-ring (bicyclic) bond motifs is 1. The maximum atomic E-state index is 6.06. The van der Waals surface area contributed by atoms with Crippen molar-refractivity contribution in [1.82, 2.24) is 14.5 Å². The van der Waals surface area contributed by atoms with Gasteiger partial charge in [0.15, 0.2) is 0 Å². The first-order valence-corrected chi connectivity index (χ1v) is 7.26. The molecule has 0 fully saturated rings. The maximum Gasteiger partial charge on any atom is 0.201 e. The van der Waals surface area contributed by atoms with E-state index in [1.54, 1.807) is 18.4 Å². The zero-order valence-electron chi connectivity index (χ0n) is 11.4. The third-order valence-corrected chi connectivity index (χ3v) is 4.33. The van der Waals surface area contributed by atoms with Crippen LogP contribution in [0.25, 0.3) is 11.0 Å². The molecule has 2 N–H and O–H groups in total. The molecule has 104 valence electrons. The van der Waals surface area contributed by atoms with E-state index in [4.69, 9.17) is 10.5 Å². The molecule has 0 spiro atoms. The first-order valence-electron chi connectivity index (χ1n) is 6.38. The summed E-state index contributed by atoms with van der Waals surface area (Å²) in [7, 11) is 1.64. The molecule has 3 aromatic rings. The van der Waals surface area contributed by atoms with Gasteiger partial charge < -0.3 is 15.0 Å². The average Bonchev–Trinajstić information content (AvgIpc) is 3.07. The van der Waals surface area contributed by atoms with Crippen LogP contribution < -0.4 is 10.5 Å². The van der Waals surface area contributed by atoms with Gasteiger partial charge >= 0.3 is 0 Å². The van der Waals surface area contributed by atoms with E-state index in [1.165, 1.54) is 0 Å². The summed E-state index contributed by atoms with van der Waals surface area (Å²) in [5.74, 6) is 1.55. The van der Waals surface area contributed by atoms with Crippen LogP contribution in [-0.4, -0.2) is 21.6 Å². The molecule has 0 saturated carbocycles. The van der Waals surface area contributed by atoms with E-state index < -0.39 is 0 Å². The van der Waals surface area contributed by atoms with Crippen LogP contribution >= 0.6 is 11.3 Å². The number of hydrogen-bond acceptors (Lipinski definition) is 5. The van der Waals surface area contributed by atoms with E-state index >= 15 is 0 Å². The quantitative estimate of drug-likeness (QED) is 0.801. The average molecular weight is 288 g/mol.